The lowest BCUT2D eigenvalue weighted by molar-refractivity contribution is -0.211. The SMILES string of the molecule is NCCCCCCC(=O)N(CCCO)OC1CCCCC1. The van der Waals surface area contributed by atoms with Gasteiger partial charge in [0.2, 0.25) is 5.91 Å². The van der Waals surface area contributed by atoms with Crippen molar-refractivity contribution in [1.82, 2.24) is 5.06 Å². The van der Waals surface area contributed by atoms with Crippen molar-refractivity contribution in [3.63, 3.8) is 0 Å². The minimum Gasteiger partial charge on any atom is -0.396 e. The number of nitrogens with zero attached hydrogens (tertiary/aromatic N) is 1. The highest BCUT2D eigenvalue weighted by atomic mass is 16.7. The number of hydrogen-bond donors (Lipinski definition) is 2. The van der Waals surface area contributed by atoms with Gasteiger partial charge in [-0.3, -0.25) is 9.63 Å². The van der Waals surface area contributed by atoms with E-state index in [9.17, 15) is 4.79 Å². The minimum atomic E-state index is 0.0572. The number of rotatable bonds is 11. The summed E-state index contributed by atoms with van der Waals surface area (Å²) in [4.78, 5) is 18.1. The van der Waals surface area contributed by atoms with Gasteiger partial charge in [-0.15, -0.1) is 0 Å². The molecule has 5 heteroatoms. The number of hydroxylamine groups is 2. The van der Waals surface area contributed by atoms with E-state index >= 15 is 0 Å². The van der Waals surface area contributed by atoms with Crippen molar-refractivity contribution in [2.45, 2.75) is 76.7 Å². The Bertz CT molecular complexity index is 268. The lowest BCUT2D eigenvalue weighted by Gasteiger charge is -2.29. The van der Waals surface area contributed by atoms with E-state index in [2.05, 4.69) is 0 Å². The number of carbonyl (C=O) groups excluding carboxylic acids is 1. The summed E-state index contributed by atoms with van der Waals surface area (Å²) < 4.78 is 0. The highest BCUT2D eigenvalue weighted by Gasteiger charge is 2.21. The first-order valence-corrected chi connectivity index (χ1v) is 8.56. The summed E-state index contributed by atoms with van der Waals surface area (Å²) in [5.74, 6) is 0.0572. The van der Waals surface area contributed by atoms with Gasteiger partial charge < -0.3 is 10.8 Å². The van der Waals surface area contributed by atoms with E-state index in [0.29, 0.717) is 19.4 Å². The summed E-state index contributed by atoms with van der Waals surface area (Å²) in [6.07, 6.45) is 11.1. The van der Waals surface area contributed by atoms with Gasteiger partial charge in [-0.2, -0.15) is 0 Å². The monoisotopic (exact) mass is 300 g/mol. The molecule has 1 aliphatic rings. The van der Waals surface area contributed by atoms with E-state index in [4.69, 9.17) is 15.7 Å². The molecular formula is C16H32N2O3. The number of unbranched alkanes of at least 4 members (excludes halogenated alkanes) is 3. The minimum absolute atomic E-state index is 0.0572. The van der Waals surface area contributed by atoms with Crippen molar-refractivity contribution in [3.05, 3.63) is 0 Å². The van der Waals surface area contributed by atoms with Crippen molar-refractivity contribution in [2.24, 2.45) is 5.73 Å². The van der Waals surface area contributed by atoms with E-state index in [1.807, 2.05) is 0 Å². The molecule has 0 aromatic rings. The number of aliphatic hydroxyl groups is 1. The molecular weight excluding hydrogens is 268 g/mol. The van der Waals surface area contributed by atoms with Crippen LogP contribution in [0.15, 0.2) is 0 Å². The Balaban J connectivity index is 2.30. The predicted octanol–water partition coefficient (Wildman–Crippen LogP) is 2.37. The number of nitrogens with two attached hydrogens (primary N) is 1. The molecule has 0 unspecified atom stereocenters. The van der Waals surface area contributed by atoms with Crippen LogP contribution in [0.4, 0.5) is 0 Å². The Hall–Kier alpha value is -0.650. The molecule has 0 atom stereocenters. The molecule has 0 aliphatic heterocycles. The molecule has 1 rings (SSSR count). The van der Waals surface area contributed by atoms with Crippen LogP contribution in [0.25, 0.3) is 0 Å². The van der Waals surface area contributed by atoms with Gasteiger partial charge in [0.15, 0.2) is 0 Å². The fourth-order valence-electron chi connectivity index (χ4n) is 2.70. The summed E-state index contributed by atoms with van der Waals surface area (Å²) >= 11 is 0. The molecule has 0 bridgehead atoms. The molecule has 1 saturated carbocycles. The molecule has 0 aromatic heterocycles. The first kappa shape index (κ1) is 18.4. The topological polar surface area (TPSA) is 75.8 Å². The zero-order valence-corrected chi connectivity index (χ0v) is 13.3. The molecule has 1 aliphatic carbocycles. The Morgan fingerprint density at radius 2 is 1.81 bits per heavy atom. The maximum atomic E-state index is 12.3. The van der Waals surface area contributed by atoms with Crippen LogP contribution in [0.3, 0.4) is 0 Å². The Labute approximate surface area is 128 Å². The first-order chi connectivity index (χ1) is 10.3. The van der Waals surface area contributed by atoms with E-state index < -0.39 is 0 Å². The number of amides is 1. The molecule has 0 aromatic carbocycles. The van der Waals surface area contributed by atoms with E-state index in [-0.39, 0.29) is 18.6 Å². The molecule has 1 amide bonds. The first-order valence-electron chi connectivity index (χ1n) is 8.56. The molecule has 0 saturated heterocycles. The summed E-state index contributed by atoms with van der Waals surface area (Å²) in [5.41, 5.74) is 5.46. The van der Waals surface area contributed by atoms with Crippen LogP contribution in [-0.2, 0) is 9.63 Å². The van der Waals surface area contributed by atoms with E-state index in [1.54, 1.807) is 0 Å². The molecule has 3 N–H and O–H groups in total. The third kappa shape index (κ3) is 8.39. The molecule has 124 valence electrons. The van der Waals surface area contributed by atoms with Crippen molar-refractivity contribution < 1.29 is 14.7 Å². The maximum absolute atomic E-state index is 12.3. The summed E-state index contributed by atoms with van der Waals surface area (Å²) in [6, 6.07) is 0. The van der Waals surface area contributed by atoms with Crippen molar-refractivity contribution in [1.29, 1.82) is 0 Å². The fraction of sp³-hybridized carbons (Fsp3) is 0.938. The van der Waals surface area contributed by atoms with Gasteiger partial charge in [-0.1, -0.05) is 32.1 Å². The van der Waals surface area contributed by atoms with E-state index in [0.717, 1.165) is 45.1 Å². The third-order valence-corrected chi connectivity index (χ3v) is 3.97. The van der Waals surface area contributed by atoms with Gasteiger partial charge >= 0.3 is 0 Å². The molecule has 21 heavy (non-hydrogen) atoms. The van der Waals surface area contributed by atoms with Crippen LogP contribution in [0, 0.1) is 0 Å². The smallest absolute Gasteiger partial charge is 0.246 e. The Morgan fingerprint density at radius 1 is 1.10 bits per heavy atom. The van der Waals surface area contributed by atoms with Gasteiger partial charge in [-0.05, 0) is 38.6 Å². The maximum Gasteiger partial charge on any atom is 0.246 e. The van der Waals surface area contributed by atoms with Crippen molar-refractivity contribution >= 4 is 5.91 Å². The predicted molar refractivity (Wildman–Crippen MR) is 83.5 cm³/mol. The number of aliphatic hydroxyl groups excluding tert-OH is 1. The lowest BCUT2D eigenvalue weighted by Crippen LogP contribution is -2.37. The average molecular weight is 300 g/mol. The summed E-state index contributed by atoms with van der Waals surface area (Å²) in [6.45, 7) is 1.31. The number of hydrogen-bond acceptors (Lipinski definition) is 4. The Morgan fingerprint density at radius 3 is 2.48 bits per heavy atom. The van der Waals surface area contributed by atoms with Gasteiger partial charge in [0.25, 0.3) is 0 Å². The molecule has 1 fully saturated rings. The van der Waals surface area contributed by atoms with Crippen LogP contribution in [0.1, 0.15) is 70.6 Å². The largest absolute Gasteiger partial charge is 0.396 e. The summed E-state index contributed by atoms with van der Waals surface area (Å²) in [5, 5.41) is 10.5. The lowest BCUT2D eigenvalue weighted by atomic mass is 9.98. The zero-order valence-electron chi connectivity index (χ0n) is 13.3. The molecule has 0 radical (unpaired) electrons. The van der Waals surface area contributed by atoms with E-state index in [1.165, 1.54) is 24.3 Å². The second-order valence-corrected chi connectivity index (χ2v) is 5.89. The summed E-state index contributed by atoms with van der Waals surface area (Å²) in [7, 11) is 0. The van der Waals surface area contributed by atoms with Crippen LogP contribution >= 0.6 is 0 Å². The van der Waals surface area contributed by atoms with Crippen LogP contribution in [0.5, 0.6) is 0 Å². The normalized spacial score (nSPS) is 16.1. The highest BCUT2D eigenvalue weighted by Crippen LogP contribution is 2.22. The van der Waals surface area contributed by atoms with Crippen LogP contribution in [-0.4, -0.2) is 41.9 Å². The fourth-order valence-corrected chi connectivity index (χ4v) is 2.70. The number of carbonyl (C=O) groups is 1. The molecule has 0 heterocycles. The van der Waals surface area contributed by atoms with Crippen LogP contribution < -0.4 is 5.73 Å². The average Bonchev–Trinajstić information content (AvgIpc) is 2.52. The van der Waals surface area contributed by atoms with Gasteiger partial charge in [0, 0.05) is 13.0 Å². The second kappa shape index (κ2) is 12.0. The molecule has 0 spiro atoms. The van der Waals surface area contributed by atoms with Gasteiger partial charge in [-0.25, -0.2) is 5.06 Å². The molecule has 5 nitrogen and oxygen atoms in total. The van der Waals surface area contributed by atoms with Crippen LogP contribution in [0.2, 0.25) is 0 Å². The standard InChI is InChI=1S/C16H32N2O3/c17-12-7-2-1-6-11-16(20)18(13-8-14-19)21-15-9-4-3-5-10-15/h15,19H,1-14,17H2. The van der Waals surface area contributed by atoms with Crippen molar-refractivity contribution in [2.75, 3.05) is 19.7 Å². The Kier molecular flexibility index (Phi) is 10.5. The van der Waals surface area contributed by atoms with Crippen molar-refractivity contribution in [3.8, 4) is 0 Å². The quantitative estimate of drug-likeness (QED) is 0.454. The van der Waals surface area contributed by atoms with Gasteiger partial charge in [0.05, 0.1) is 12.6 Å². The second-order valence-electron chi connectivity index (χ2n) is 5.89. The van der Waals surface area contributed by atoms with Gasteiger partial charge in [0.1, 0.15) is 0 Å². The zero-order chi connectivity index (χ0) is 15.3. The highest BCUT2D eigenvalue weighted by molar-refractivity contribution is 5.75. The third-order valence-electron chi connectivity index (χ3n) is 3.97.